The predicted octanol–water partition coefficient (Wildman–Crippen LogP) is 5.70. The van der Waals surface area contributed by atoms with Crippen molar-refractivity contribution < 1.29 is 13.2 Å². The molecule has 0 saturated heterocycles. The highest BCUT2D eigenvalue weighted by atomic mass is 35.5. The molecule has 0 bridgehead atoms. The third-order valence-electron chi connectivity index (χ3n) is 4.05. The van der Waals surface area contributed by atoms with E-state index in [-0.39, 0.29) is 6.04 Å². The Hall–Kier alpha value is -1.39. The second-order valence-electron chi connectivity index (χ2n) is 5.68. The summed E-state index contributed by atoms with van der Waals surface area (Å²) in [6, 6.07) is 8.55. The summed E-state index contributed by atoms with van der Waals surface area (Å²) in [7, 11) is 0. The topological polar surface area (TPSA) is 12.0 Å². The van der Waals surface area contributed by atoms with Gasteiger partial charge in [0.25, 0.3) is 0 Å². The minimum Gasteiger partial charge on any atom is -0.381 e. The van der Waals surface area contributed by atoms with Crippen LogP contribution in [0.3, 0.4) is 0 Å². The molecule has 6 heteroatoms. The zero-order chi connectivity index (χ0) is 16.8. The van der Waals surface area contributed by atoms with Crippen LogP contribution in [0.5, 0.6) is 0 Å². The highest BCUT2D eigenvalue weighted by molar-refractivity contribution is 6.35. The van der Waals surface area contributed by atoms with Crippen LogP contribution in [-0.2, 0) is 19.0 Å². The summed E-state index contributed by atoms with van der Waals surface area (Å²) >= 11 is 12.3. The van der Waals surface area contributed by atoms with E-state index in [1.807, 2.05) is 0 Å². The van der Waals surface area contributed by atoms with E-state index in [0.717, 1.165) is 11.1 Å². The first kappa shape index (κ1) is 16.5. The van der Waals surface area contributed by atoms with Crippen molar-refractivity contribution in [1.29, 1.82) is 0 Å². The molecule has 1 nitrogen and oxygen atoms in total. The maximum absolute atomic E-state index is 12.9. The molecule has 3 rings (SSSR count). The number of hydrogen-bond donors (Lipinski definition) is 1. The lowest BCUT2D eigenvalue weighted by Gasteiger charge is -2.14. The first-order valence-electron chi connectivity index (χ1n) is 7.07. The summed E-state index contributed by atoms with van der Waals surface area (Å²) < 4.78 is 38.8. The van der Waals surface area contributed by atoms with Crippen molar-refractivity contribution in [3.05, 3.63) is 62.6 Å². The monoisotopic (exact) mass is 358 g/mol. The Morgan fingerprint density at radius 3 is 2.70 bits per heavy atom. The number of rotatable bonds is 2. The number of fused-ring (bicyclic) bond motifs is 1. The van der Waals surface area contributed by atoms with Crippen molar-refractivity contribution in [3.8, 4) is 0 Å². The zero-order valence-corrected chi connectivity index (χ0v) is 13.7. The Bertz CT molecular complexity index is 736. The van der Waals surface area contributed by atoms with E-state index in [1.54, 1.807) is 19.1 Å². The van der Waals surface area contributed by atoms with Gasteiger partial charge in [-0.2, -0.15) is 13.2 Å². The van der Waals surface area contributed by atoms with Crippen LogP contribution in [0, 0.1) is 13.0 Å². The maximum atomic E-state index is 12.9. The zero-order valence-electron chi connectivity index (χ0n) is 12.2. The highest BCUT2D eigenvalue weighted by Gasteiger charge is 2.33. The third kappa shape index (κ3) is 3.29. The lowest BCUT2D eigenvalue weighted by molar-refractivity contribution is -0.137. The van der Waals surface area contributed by atoms with Gasteiger partial charge in [0.05, 0.1) is 10.6 Å². The van der Waals surface area contributed by atoms with Gasteiger partial charge in [-0.05, 0) is 54.7 Å². The van der Waals surface area contributed by atoms with E-state index in [9.17, 15) is 13.2 Å². The molecular formula is C17H13Cl2F3N. The lowest BCUT2D eigenvalue weighted by atomic mass is 9.98. The van der Waals surface area contributed by atoms with E-state index in [1.165, 1.54) is 12.1 Å². The first-order chi connectivity index (χ1) is 10.8. The van der Waals surface area contributed by atoms with Gasteiger partial charge in [0, 0.05) is 22.8 Å². The summed E-state index contributed by atoms with van der Waals surface area (Å²) in [6.45, 7) is 1.70. The number of nitrogens with one attached hydrogen (secondary N) is 1. The van der Waals surface area contributed by atoms with Crippen molar-refractivity contribution >= 4 is 28.9 Å². The van der Waals surface area contributed by atoms with Gasteiger partial charge >= 0.3 is 6.18 Å². The molecule has 1 aliphatic rings. The van der Waals surface area contributed by atoms with Crippen molar-refractivity contribution in [3.63, 3.8) is 0 Å². The summed E-state index contributed by atoms with van der Waals surface area (Å²) in [5.74, 6) is 0. The molecule has 0 amide bonds. The van der Waals surface area contributed by atoms with Crippen LogP contribution in [-0.4, -0.2) is 6.04 Å². The Balaban J connectivity index is 1.86. The predicted molar refractivity (Wildman–Crippen MR) is 86.3 cm³/mol. The molecule has 0 aromatic heterocycles. The molecule has 121 valence electrons. The molecular weight excluding hydrogens is 346 g/mol. The molecule has 0 aliphatic carbocycles. The molecule has 2 aromatic carbocycles. The number of anilines is 1. The standard InChI is InChI=1S/C17H13Cl2F3N/c1-9-5-10(17(20,21)22)6-16-12(9)7-11(23-16)8-13-14(18)3-2-4-15(13)19/h2-3,5-6,11,23H,7-8H2,1H3. The van der Waals surface area contributed by atoms with Crippen molar-refractivity contribution in [1.82, 2.24) is 0 Å². The van der Waals surface area contributed by atoms with Crippen LogP contribution in [0.2, 0.25) is 10.0 Å². The molecule has 2 aromatic rings. The van der Waals surface area contributed by atoms with Gasteiger partial charge in [0.1, 0.15) is 0 Å². The van der Waals surface area contributed by atoms with E-state index >= 15 is 0 Å². The van der Waals surface area contributed by atoms with Crippen LogP contribution >= 0.6 is 23.2 Å². The molecule has 23 heavy (non-hydrogen) atoms. The van der Waals surface area contributed by atoms with Crippen LogP contribution in [0.1, 0.15) is 22.3 Å². The quantitative estimate of drug-likeness (QED) is 0.725. The first-order valence-corrected chi connectivity index (χ1v) is 7.83. The Morgan fingerprint density at radius 1 is 1.30 bits per heavy atom. The summed E-state index contributed by atoms with van der Waals surface area (Å²) in [4.78, 5) is 0. The van der Waals surface area contributed by atoms with E-state index < -0.39 is 11.7 Å². The molecule has 1 radical (unpaired) electrons. The Kier molecular flexibility index (Phi) is 4.23. The van der Waals surface area contributed by atoms with Gasteiger partial charge in [-0.3, -0.25) is 0 Å². The molecule has 1 aliphatic heterocycles. The number of aryl methyl sites for hydroxylation is 1. The van der Waals surface area contributed by atoms with Crippen LogP contribution in [0.15, 0.2) is 24.3 Å². The molecule has 1 heterocycles. The number of halogens is 5. The minimum atomic E-state index is -4.35. The molecule has 1 atom stereocenters. The fraction of sp³-hybridized carbons (Fsp3) is 0.294. The van der Waals surface area contributed by atoms with Gasteiger partial charge in [0.15, 0.2) is 0 Å². The molecule has 0 spiro atoms. The van der Waals surface area contributed by atoms with Crippen LogP contribution in [0.4, 0.5) is 18.9 Å². The maximum Gasteiger partial charge on any atom is 0.416 e. The van der Waals surface area contributed by atoms with Crippen molar-refractivity contribution in [2.24, 2.45) is 0 Å². The van der Waals surface area contributed by atoms with E-state index in [0.29, 0.717) is 34.1 Å². The molecule has 0 saturated carbocycles. The molecule has 0 fully saturated rings. The minimum absolute atomic E-state index is 0.0435. The van der Waals surface area contributed by atoms with Crippen LogP contribution < -0.4 is 5.32 Å². The normalized spacial score (nSPS) is 17.0. The molecule has 1 unspecified atom stereocenters. The number of hydrogen-bond acceptors (Lipinski definition) is 1. The van der Waals surface area contributed by atoms with Gasteiger partial charge < -0.3 is 5.32 Å². The second kappa shape index (κ2) is 5.91. The van der Waals surface area contributed by atoms with Gasteiger partial charge in [-0.1, -0.05) is 29.3 Å². The SMILES string of the molecule is Cc1cc(C(F)(F)F)cc2c1CC(Cc1c(Cl)[c]ccc1Cl)N2. The molecule has 1 N–H and O–H groups in total. The van der Waals surface area contributed by atoms with Gasteiger partial charge in [-0.25, -0.2) is 0 Å². The summed E-state index contributed by atoms with van der Waals surface area (Å²) in [5, 5.41) is 4.15. The summed E-state index contributed by atoms with van der Waals surface area (Å²) in [6.07, 6.45) is -3.17. The lowest BCUT2D eigenvalue weighted by Crippen LogP contribution is -2.19. The van der Waals surface area contributed by atoms with Gasteiger partial charge in [0.2, 0.25) is 0 Å². The smallest absolute Gasteiger partial charge is 0.381 e. The number of alkyl halides is 3. The number of benzene rings is 2. The largest absolute Gasteiger partial charge is 0.416 e. The second-order valence-corrected chi connectivity index (χ2v) is 6.47. The van der Waals surface area contributed by atoms with Gasteiger partial charge in [-0.15, -0.1) is 0 Å². The average molecular weight is 359 g/mol. The Morgan fingerprint density at radius 2 is 2.04 bits per heavy atom. The fourth-order valence-electron chi connectivity index (χ4n) is 2.94. The highest BCUT2D eigenvalue weighted by Crippen LogP contribution is 2.38. The average Bonchev–Trinajstić information content (AvgIpc) is 2.85. The fourth-order valence-corrected chi connectivity index (χ4v) is 3.46. The van der Waals surface area contributed by atoms with Crippen molar-refractivity contribution in [2.75, 3.05) is 5.32 Å². The van der Waals surface area contributed by atoms with E-state index in [4.69, 9.17) is 23.2 Å². The van der Waals surface area contributed by atoms with E-state index in [2.05, 4.69) is 11.4 Å². The summed E-state index contributed by atoms with van der Waals surface area (Å²) in [5.41, 5.74) is 2.21. The van der Waals surface area contributed by atoms with Crippen LogP contribution in [0.25, 0.3) is 0 Å². The third-order valence-corrected chi connectivity index (χ3v) is 4.75. The Labute approximate surface area is 142 Å². The van der Waals surface area contributed by atoms with Crippen molar-refractivity contribution in [2.45, 2.75) is 32.0 Å².